The van der Waals surface area contributed by atoms with Gasteiger partial charge < -0.3 is 5.21 Å². The quantitative estimate of drug-likeness (QED) is 0.104. The Morgan fingerprint density at radius 2 is 1.25 bits per heavy atom. The number of halogens is 2. The molecule has 0 aromatic heterocycles. The molecule has 0 bridgehead atoms. The Morgan fingerprint density at radius 1 is 0.719 bits per heavy atom. The summed E-state index contributed by atoms with van der Waals surface area (Å²) in [6.07, 6.45) is 1.55. The Hall–Kier alpha value is -3.31. The predicted octanol–water partition coefficient (Wildman–Crippen LogP) is 7.39. The van der Waals surface area contributed by atoms with Crippen LogP contribution in [0, 0.1) is 5.21 Å². The zero-order chi connectivity index (χ0) is 22.3. The molecule has 160 valence electrons. The molecule has 4 aromatic rings. The topological polar surface area (TPSA) is 41.6 Å². The van der Waals surface area contributed by atoms with Gasteiger partial charge >= 0.3 is 0 Å². The lowest BCUT2D eigenvalue weighted by molar-refractivity contribution is -0.354. The highest BCUT2D eigenvalue weighted by atomic mass is 35.5. The first-order chi connectivity index (χ1) is 15.6. The second kappa shape index (κ2) is 10.3. The van der Waals surface area contributed by atoms with Gasteiger partial charge in [0.15, 0.2) is 6.21 Å². The summed E-state index contributed by atoms with van der Waals surface area (Å²) >= 11 is 11.6. The number of rotatable bonds is 4. The van der Waals surface area contributed by atoms with Gasteiger partial charge in [0.25, 0.3) is 0 Å². The average molecular weight is 463 g/mol. The van der Waals surface area contributed by atoms with Gasteiger partial charge in [0.05, 0.1) is 5.69 Å². The van der Waals surface area contributed by atoms with Crippen molar-refractivity contribution < 1.29 is 9.58 Å². The van der Waals surface area contributed by atoms with Crippen molar-refractivity contribution in [1.29, 1.82) is 0 Å². The molecule has 0 amide bonds. The minimum atomic E-state index is 0.0275. The Morgan fingerprint density at radius 3 is 1.84 bits per heavy atom. The summed E-state index contributed by atoms with van der Waals surface area (Å²) in [4.78, 5) is 5.52. The number of anilines is 1. The largest absolute Gasteiger partial charge is 0.618 e. The van der Waals surface area contributed by atoms with Crippen molar-refractivity contribution in [3.8, 4) is 0 Å². The normalized spacial score (nSPS) is 15.0. The first-order valence-electron chi connectivity index (χ1n) is 9.98. The van der Waals surface area contributed by atoms with Gasteiger partial charge in [0, 0.05) is 33.3 Å². The number of benzene rings is 4. The van der Waals surface area contributed by atoms with E-state index in [4.69, 9.17) is 28.0 Å². The van der Waals surface area contributed by atoms with Crippen LogP contribution in [-0.4, -0.2) is 11.0 Å². The fraction of sp³-hybridized carbons (Fsp3) is 0.0385. The number of nitrogens with zero attached hydrogens (tertiary/aromatic N) is 2. The Kier molecular flexibility index (Phi) is 7.07. The lowest BCUT2D eigenvalue weighted by Crippen LogP contribution is -1.98. The van der Waals surface area contributed by atoms with Gasteiger partial charge in [-0.25, -0.2) is 9.90 Å². The molecule has 0 N–H and O–H groups in total. The van der Waals surface area contributed by atoms with Gasteiger partial charge in [-0.3, -0.25) is 0 Å². The number of hydrogen-bond donors (Lipinski definition) is 0. The molecule has 1 fully saturated rings. The van der Waals surface area contributed by atoms with E-state index in [9.17, 15) is 5.21 Å². The van der Waals surface area contributed by atoms with E-state index in [0.29, 0.717) is 10.7 Å². The summed E-state index contributed by atoms with van der Waals surface area (Å²) in [7, 11) is 0. The molecule has 0 aliphatic carbocycles. The van der Waals surface area contributed by atoms with Crippen molar-refractivity contribution in [2.45, 2.75) is 6.23 Å². The highest BCUT2D eigenvalue weighted by Gasteiger charge is 2.38. The van der Waals surface area contributed by atoms with Gasteiger partial charge in [-0.05, 0) is 48.5 Å². The number of hydroxylamine groups is 1. The first kappa shape index (κ1) is 21.9. The van der Waals surface area contributed by atoms with Crippen LogP contribution in [0.4, 0.5) is 11.4 Å². The van der Waals surface area contributed by atoms with Gasteiger partial charge in [-0.15, -0.1) is 0 Å². The molecule has 0 saturated carbocycles. The number of para-hydroxylation sites is 2. The van der Waals surface area contributed by atoms with Crippen LogP contribution in [0.25, 0.3) is 0 Å². The van der Waals surface area contributed by atoms with Crippen LogP contribution in [0.15, 0.2) is 109 Å². The maximum Gasteiger partial charge on any atom is 0.216 e. The summed E-state index contributed by atoms with van der Waals surface area (Å²) in [6.45, 7) is 0. The standard InChI is InChI=1S/2C13H10ClNO/c14-11-8-6-10(7-9-11)13-15(16-13)12-4-2-1-3-5-12;14-12-8-6-11(7-9-12)10-15(16)13-4-2-1-3-5-13/h1-9,13H;1-10H. The second-order valence-corrected chi connectivity index (χ2v) is 7.89. The summed E-state index contributed by atoms with van der Waals surface area (Å²) < 4.78 is 0.837. The summed E-state index contributed by atoms with van der Waals surface area (Å²) in [5.41, 5.74) is 3.62. The molecule has 0 radical (unpaired) electrons. The van der Waals surface area contributed by atoms with Crippen molar-refractivity contribution in [3.63, 3.8) is 0 Å². The van der Waals surface area contributed by atoms with Crippen molar-refractivity contribution in [2.24, 2.45) is 0 Å². The molecule has 1 saturated heterocycles. The SMILES string of the molecule is Clc1ccc(C2ON2c2ccccc2)cc1.[O-][N+](=Cc1ccc(Cl)cc1)c1ccccc1. The highest BCUT2D eigenvalue weighted by molar-refractivity contribution is 6.30. The Balaban J connectivity index is 0.000000153. The van der Waals surface area contributed by atoms with Crippen molar-refractivity contribution in [3.05, 3.63) is 136 Å². The molecule has 4 aromatic carbocycles. The molecular weight excluding hydrogens is 443 g/mol. The predicted molar refractivity (Wildman–Crippen MR) is 131 cm³/mol. The van der Waals surface area contributed by atoms with Crippen molar-refractivity contribution in [1.82, 2.24) is 0 Å². The Bertz CT molecular complexity index is 1170. The molecule has 0 spiro atoms. The third kappa shape index (κ3) is 5.89. The lowest BCUT2D eigenvalue weighted by atomic mass is 10.2. The van der Waals surface area contributed by atoms with Crippen LogP contribution in [0.3, 0.4) is 0 Å². The fourth-order valence-electron chi connectivity index (χ4n) is 3.01. The summed E-state index contributed by atoms with van der Waals surface area (Å²) in [5, 5.41) is 15.0. The van der Waals surface area contributed by atoms with E-state index < -0.39 is 0 Å². The van der Waals surface area contributed by atoms with E-state index in [0.717, 1.165) is 26.6 Å². The summed E-state index contributed by atoms with van der Waals surface area (Å²) in [5.74, 6) is 0. The smallest absolute Gasteiger partial charge is 0.216 e. The molecular formula is C26H20Cl2N2O2. The van der Waals surface area contributed by atoms with E-state index in [-0.39, 0.29) is 6.23 Å². The van der Waals surface area contributed by atoms with E-state index >= 15 is 0 Å². The third-order valence-corrected chi connectivity index (χ3v) is 5.20. The van der Waals surface area contributed by atoms with E-state index in [1.54, 1.807) is 36.4 Å². The van der Waals surface area contributed by atoms with E-state index in [1.165, 1.54) is 6.21 Å². The molecule has 1 heterocycles. The molecule has 4 nitrogen and oxygen atoms in total. The molecule has 1 aliphatic rings. The molecule has 6 heteroatoms. The number of hydrogen-bond acceptors (Lipinski definition) is 3. The van der Waals surface area contributed by atoms with E-state index in [2.05, 4.69) is 0 Å². The minimum absolute atomic E-state index is 0.0275. The fourth-order valence-corrected chi connectivity index (χ4v) is 3.26. The van der Waals surface area contributed by atoms with Gasteiger partial charge in [0.1, 0.15) is 0 Å². The van der Waals surface area contributed by atoms with Crippen molar-refractivity contribution >= 4 is 40.8 Å². The average Bonchev–Trinajstić information content (AvgIpc) is 3.64. The van der Waals surface area contributed by atoms with Crippen LogP contribution in [0.5, 0.6) is 0 Å². The molecule has 32 heavy (non-hydrogen) atoms. The van der Waals surface area contributed by atoms with E-state index in [1.807, 2.05) is 77.9 Å². The van der Waals surface area contributed by atoms with Crippen molar-refractivity contribution in [2.75, 3.05) is 5.06 Å². The molecule has 1 atom stereocenters. The lowest BCUT2D eigenvalue weighted by Gasteiger charge is -2.02. The van der Waals surface area contributed by atoms with Gasteiger partial charge in [-0.2, -0.15) is 4.74 Å². The van der Waals surface area contributed by atoms with Crippen LogP contribution < -0.4 is 5.06 Å². The third-order valence-electron chi connectivity index (χ3n) is 4.69. The monoisotopic (exact) mass is 462 g/mol. The minimum Gasteiger partial charge on any atom is -0.618 e. The molecule has 1 aliphatic heterocycles. The second-order valence-electron chi connectivity index (χ2n) is 7.01. The maximum atomic E-state index is 11.7. The highest BCUT2D eigenvalue weighted by Crippen LogP contribution is 2.41. The van der Waals surface area contributed by atoms with Crippen LogP contribution in [0.1, 0.15) is 17.4 Å². The summed E-state index contributed by atoms with van der Waals surface area (Å²) in [6, 6.07) is 33.9. The zero-order valence-electron chi connectivity index (χ0n) is 17.0. The van der Waals surface area contributed by atoms with Crippen LogP contribution in [0.2, 0.25) is 10.0 Å². The van der Waals surface area contributed by atoms with Crippen LogP contribution >= 0.6 is 23.2 Å². The van der Waals surface area contributed by atoms with Gasteiger partial charge in [-0.1, -0.05) is 71.7 Å². The first-order valence-corrected chi connectivity index (χ1v) is 10.7. The van der Waals surface area contributed by atoms with Gasteiger partial charge in [0.2, 0.25) is 11.9 Å². The molecule has 5 rings (SSSR count). The zero-order valence-corrected chi connectivity index (χ0v) is 18.5. The molecule has 1 unspecified atom stereocenters. The maximum absolute atomic E-state index is 11.7. The van der Waals surface area contributed by atoms with Crippen LogP contribution in [-0.2, 0) is 4.84 Å². The Labute approximate surface area is 197 Å².